The van der Waals surface area contributed by atoms with Crippen LogP contribution in [0.5, 0.6) is 5.75 Å². The van der Waals surface area contributed by atoms with Crippen LogP contribution in [0.3, 0.4) is 0 Å². The summed E-state index contributed by atoms with van der Waals surface area (Å²) >= 11 is 0. The third kappa shape index (κ3) is 2.39. The Kier molecular flexibility index (Phi) is 3.71. The Morgan fingerprint density at radius 1 is 1.36 bits per heavy atom. The summed E-state index contributed by atoms with van der Waals surface area (Å²) in [7, 11) is 1.77. The summed E-state index contributed by atoms with van der Waals surface area (Å²) in [6.45, 7) is 2.45. The minimum absolute atomic E-state index is 0.0827. The van der Waals surface area contributed by atoms with Gasteiger partial charge in [0.1, 0.15) is 18.1 Å². The standard InChI is InChI=1S/C17H17NO4/c1-3-21-15(19)9-12-8-14-16(18(12)2)17(20)13-7-5-4-6-11(13)10-22-14/h4-8H,3,9-10H2,1-2H3. The molecule has 1 aromatic carbocycles. The van der Waals surface area contributed by atoms with Crippen molar-refractivity contribution in [1.82, 2.24) is 4.57 Å². The van der Waals surface area contributed by atoms with E-state index in [4.69, 9.17) is 9.47 Å². The second-order valence-corrected chi connectivity index (χ2v) is 5.16. The Bertz CT molecular complexity index is 745. The van der Waals surface area contributed by atoms with Crippen molar-refractivity contribution in [2.75, 3.05) is 6.61 Å². The Labute approximate surface area is 128 Å². The second-order valence-electron chi connectivity index (χ2n) is 5.16. The van der Waals surface area contributed by atoms with Crippen molar-refractivity contribution >= 4 is 11.8 Å². The molecule has 0 bridgehead atoms. The molecule has 3 rings (SSSR count). The van der Waals surface area contributed by atoms with Gasteiger partial charge in [0.25, 0.3) is 0 Å². The van der Waals surface area contributed by atoms with Crippen LogP contribution < -0.4 is 4.74 Å². The van der Waals surface area contributed by atoms with Crippen molar-refractivity contribution in [3.8, 4) is 5.75 Å². The highest BCUT2D eigenvalue weighted by molar-refractivity contribution is 6.11. The fourth-order valence-corrected chi connectivity index (χ4v) is 2.68. The van der Waals surface area contributed by atoms with E-state index in [1.54, 1.807) is 30.7 Å². The van der Waals surface area contributed by atoms with Crippen molar-refractivity contribution in [2.24, 2.45) is 7.05 Å². The van der Waals surface area contributed by atoms with E-state index >= 15 is 0 Å². The number of hydrogen-bond donors (Lipinski definition) is 0. The summed E-state index contributed by atoms with van der Waals surface area (Å²) in [4.78, 5) is 24.4. The number of benzene rings is 1. The highest BCUT2D eigenvalue weighted by atomic mass is 16.5. The first kappa shape index (κ1) is 14.4. The van der Waals surface area contributed by atoms with E-state index in [0.29, 0.717) is 35.9 Å². The maximum Gasteiger partial charge on any atom is 0.311 e. The zero-order chi connectivity index (χ0) is 15.7. The van der Waals surface area contributed by atoms with Crippen LogP contribution >= 0.6 is 0 Å². The maximum atomic E-state index is 12.8. The van der Waals surface area contributed by atoms with Crippen molar-refractivity contribution in [3.63, 3.8) is 0 Å². The van der Waals surface area contributed by atoms with E-state index in [1.165, 1.54) is 0 Å². The smallest absolute Gasteiger partial charge is 0.311 e. The topological polar surface area (TPSA) is 57.5 Å². The molecular formula is C17H17NO4. The van der Waals surface area contributed by atoms with Gasteiger partial charge in [-0.2, -0.15) is 0 Å². The average molecular weight is 299 g/mol. The van der Waals surface area contributed by atoms with E-state index in [2.05, 4.69) is 0 Å². The molecule has 114 valence electrons. The van der Waals surface area contributed by atoms with E-state index in [1.807, 2.05) is 18.2 Å². The number of aromatic nitrogens is 1. The van der Waals surface area contributed by atoms with Crippen molar-refractivity contribution in [3.05, 3.63) is 52.8 Å². The zero-order valence-corrected chi connectivity index (χ0v) is 12.6. The molecule has 0 fully saturated rings. The molecule has 2 heterocycles. The lowest BCUT2D eigenvalue weighted by molar-refractivity contribution is -0.142. The number of rotatable bonds is 3. The van der Waals surface area contributed by atoms with Gasteiger partial charge >= 0.3 is 5.97 Å². The van der Waals surface area contributed by atoms with E-state index < -0.39 is 0 Å². The van der Waals surface area contributed by atoms with Gasteiger partial charge in [-0.3, -0.25) is 9.59 Å². The minimum Gasteiger partial charge on any atom is -0.486 e. The van der Waals surface area contributed by atoms with Gasteiger partial charge in [0, 0.05) is 29.9 Å². The van der Waals surface area contributed by atoms with E-state index in [9.17, 15) is 9.59 Å². The predicted molar refractivity (Wildman–Crippen MR) is 80.0 cm³/mol. The highest BCUT2D eigenvalue weighted by Gasteiger charge is 2.27. The molecule has 1 aliphatic rings. The molecule has 5 heteroatoms. The molecule has 22 heavy (non-hydrogen) atoms. The molecule has 0 spiro atoms. The summed E-state index contributed by atoms with van der Waals surface area (Å²) in [5.41, 5.74) is 2.70. The van der Waals surface area contributed by atoms with Crippen LogP contribution in [-0.4, -0.2) is 22.9 Å². The fourth-order valence-electron chi connectivity index (χ4n) is 2.68. The SMILES string of the molecule is CCOC(=O)Cc1cc2c(n1C)C(=O)c1ccccc1CO2. The molecule has 0 aliphatic carbocycles. The first-order chi connectivity index (χ1) is 10.6. The highest BCUT2D eigenvalue weighted by Crippen LogP contribution is 2.31. The Balaban J connectivity index is 2.00. The van der Waals surface area contributed by atoms with Gasteiger partial charge in [-0.05, 0) is 6.92 Å². The van der Waals surface area contributed by atoms with Crippen LogP contribution in [0.25, 0.3) is 0 Å². The fraction of sp³-hybridized carbons (Fsp3) is 0.294. The molecule has 0 atom stereocenters. The van der Waals surface area contributed by atoms with Crippen molar-refractivity contribution < 1.29 is 19.1 Å². The van der Waals surface area contributed by atoms with Gasteiger partial charge in [0.05, 0.1) is 13.0 Å². The Hall–Kier alpha value is -2.56. The summed E-state index contributed by atoms with van der Waals surface area (Å²) in [6.07, 6.45) is 0.121. The molecular weight excluding hydrogens is 282 g/mol. The lowest BCUT2D eigenvalue weighted by atomic mass is 10.0. The first-order valence-corrected chi connectivity index (χ1v) is 7.21. The summed E-state index contributed by atoms with van der Waals surface area (Å²) in [6, 6.07) is 9.16. The average Bonchev–Trinajstić information content (AvgIpc) is 2.73. The molecule has 0 N–H and O–H groups in total. The minimum atomic E-state index is -0.314. The van der Waals surface area contributed by atoms with Crippen LogP contribution in [0.4, 0.5) is 0 Å². The largest absolute Gasteiger partial charge is 0.486 e. The number of nitrogens with zero attached hydrogens (tertiary/aromatic N) is 1. The van der Waals surface area contributed by atoms with Crippen molar-refractivity contribution in [2.45, 2.75) is 20.0 Å². The van der Waals surface area contributed by atoms with Gasteiger partial charge in [0.2, 0.25) is 5.78 Å². The van der Waals surface area contributed by atoms with Gasteiger partial charge in [-0.1, -0.05) is 24.3 Å². The van der Waals surface area contributed by atoms with Gasteiger partial charge < -0.3 is 14.0 Å². The lowest BCUT2D eigenvalue weighted by Gasteiger charge is -2.07. The van der Waals surface area contributed by atoms with Gasteiger partial charge in [-0.25, -0.2) is 0 Å². The maximum absolute atomic E-state index is 12.8. The number of hydrogen-bond acceptors (Lipinski definition) is 4. The molecule has 0 radical (unpaired) electrons. The van der Waals surface area contributed by atoms with Crippen LogP contribution in [0.2, 0.25) is 0 Å². The van der Waals surface area contributed by atoms with E-state index in [0.717, 1.165) is 5.56 Å². The second kappa shape index (κ2) is 5.67. The number of fused-ring (bicyclic) bond motifs is 2. The number of ether oxygens (including phenoxy) is 2. The van der Waals surface area contributed by atoms with Crippen molar-refractivity contribution in [1.29, 1.82) is 0 Å². The number of carbonyl (C=O) groups is 2. The van der Waals surface area contributed by atoms with Crippen LogP contribution in [0.15, 0.2) is 30.3 Å². The van der Waals surface area contributed by atoms with Crippen LogP contribution in [0.1, 0.15) is 34.2 Å². The summed E-state index contributed by atoms with van der Waals surface area (Å²) in [5.74, 6) is 0.120. The molecule has 0 amide bonds. The molecule has 5 nitrogen and oxygen atoms in total. The Morgan fingerprint density at radius 2 is 2.14 bits per heavy atom. The van der Waals surface area contributed by atoms with Crippen LogP contribution in [0, 0.1) is 0 Å². The molecule has 0 saturated carbocycles. The number of esters is 1. The lowest BCUT2D eigenvalue weighted by Crippen LogP contribution is -2.13. The molecule has 0 saturated heterocycles. The monoisotopic (exact) mass is 299 g/mol. The quantitative estimate of drug-likeness (QED) is 0.816. The van der Waals surface area contributed by atoms with Crippen LogP contribution in [-0.2, 0) is 29.6 Å². The third-order valence-corrected chi connectivity index (χ3v) is 3.79. The third-order valence-electron chi connectivity index (χ3n) is 3.79. The molecule has 2 aromatic rings. The molecule has 0 unspecified atom stereocenters. The molecule has 1 aromatic heterocycles. The normalized spacial score (nSPS) is 12.9. The van der Waals surface area contributed by atoms with E-state index in [-0.39, 0.29) is 18.2 Å². The summed E-state index contributed by atoms with van der Waals surface area (Å²) in [5, 5.41) is 0. The first-order valence-electron chi connectivity index (χ1n) is 7.21. The zero-order valence-electron chi connectivity index (χ0n) is 12.6. The predicted octanol–water partition coefficient (Wildman–Crippen LogP) is 2.25. The van der Waals surface area contributed by atoms with Gasteiger partial charge in [-0.15, -0.1) is 0 Å². The number of carbonyl (C=O) groups excluding carboxylic acids is 2. The Morgan fingerprint density at radius 3 is 2.91 bits per heavy atom. The van der Waals surface area contributed by atoms with Gasteiger partial charge in [0.15, 0.2) is 0 Å². The number of ketones is 1. The molecule has 1 aliphatic heterocycles. The summed E-state index contributed by atoms with van der Waals surface area (Å²) < 4.78 is 12.4.